The second-order valence-electron chi connectivity index (χ2n) is 7.97. The highest BCUT2D eigenvalue weighted by Gasteiger charge is 2.36. The van der Waals surface area contributed by atoms with Crippen molar-refractivity contribution in [1.82, 2.24) is 15.3 Å². The Labute approximate surface area is 167 Å². The number of nitrogens with one attached hydrogen (secondary N) is 2. The summed E-state index contributed by atoms with van der Waals surface area (Å²) in [4.78, 5) is 21.6. The molecule has 29 heavy (non-hydrogen) atoms. The van der Waals surface area contributed by atoms with Gasteiger partial charge in [0.05, 0.1) is 23.4 Å². The molecule has 2 N–H and O–H groups in total. The summed E-state index contributed by atoms with van der Waals surface area (Å²) in [6.45, 7) is 0.523. The van der Waals surface area contributed by atoms with Gasteiger partial charge in [0, 0.05) is 25.1 Å². The molecule has 5 nitrogen and oxygen atoms in total. The van der Waals surface area contributed by atoms with Gasteiger partial charge in [-0.15, -0.1) is 0 Å². The number of benzene rings is 2. The number of halogens is 2. The number of imidazole rings is 1. The minimum absolute atomic E-state index is 0.0374. The Morgan fingerprint density at radius 2 is 1.76 bits per heavy atom. The number of carbonyl (C=O) groups is 1. The summed E-state index contributed by atoms with van der Waals surface area (Å²) in [5, 5.41) is 2.92. The maximum Gasteiger partial charge on any atom is 0.322 e. The number of anilines is 1. The van der Waals surface area contributed by atoms with Gasteiger partial charge in [-0.05, 0) is 48.1 Å². The lowest BCUT2D eigenvalue weighted by atomic mass is 9.82. The van der Waals surface area contributed by atoms with Crippen molar-refractivity contribution in [1.29, 1.82) is 0 Å². The van der Waals surface area contributed by atoms with Crippen molar-refractivity contribution in [3.8, 4) is 0 Å². The zero-order valence-corrected chi connectivity index (χ0v) is 15.9. The quantitative estimate of drug-likeness (QED) is 0.645. The summed E-state index contributed by atoms with van der Waals surface area (Å²) in [6, 6.07) is 13.6. The van der Waals surface area contributed by atoms with Gasteiger partial charge >= 0.3 is 6.03 Å². The molecule has 1 atom stereocenters. The zero-order valence-electron chi connectivity index (χ0n) is 15.9. The number of hydrogen-bond acceptors (Lipinski definition) is 2. The van der Waals surface area contributed by atoms with Crippen LogP contribution in [0.4, 0.5) is 19.3 Å². The maximum absolute atomic E-state index is 13.4. The molecule has 150 valence electrons. The molecule has 0 spiro atoms. The Morgan fingerprint density at radius 1 is 1.03 bits per heavy atom. The van der Waals surface area contributed by atoms with Crippen LogP contribution in [0.5, 0.6) is 0 Å². The van der Waals surface area contributed by atoms with Gasteiger partial charge in [0.15, 0.2) is 0 Å². The highest BCUT2D eigenvalue weighted by Crippen LogP contribution is 2.41. The van der Waals surface area contributed by atoms with E-state index in [4.69, 9.17) is 0 Å². The van der Waals surface area contributed by atoms with Crippen molar-refractivity contribution in [2.24, 2.45) is 0 Å². The molecule has 1 saturated carbocycles. The number of aromatic nitrogens is 2. The molecule has 0 radical (unpaired) electrons. The van der Waals surface area contributed by atoms with Gasteiger partial charge in [-0.2, -0.15) is 0 Å². The number of carbonyl (C=O) groups excluding carboxylic acids is 1. The van der Waals surface area contributed by atoms with Gasteiger partial charge in [-0.1, -0.05) is 24.3 Å². The molecule has 2 amide bonds. The molecular formula is C22H22F2N4O. The second-order valence-corrected chi connectivity index (χ2v) is 7.97. The first-order valence-corrected chi connectivity index (χ1v) is 9.98. The lowest BCUT2D eigenvalue weighted by Crippen LogP contribution is -2.29. The van der Waals surface area contributed by atoms with Crippen LogP contribution in [-0.2, 0) is 0 Å². The van der Waals surface area contributed by atoms with Crippen LogP contribution in [0.15, 0.2) is 48.8 Å². The van der Waals surface area contributed by atoms with E-state index < -0.39 is 5.92 Å². The Kier molecular flexibility index (Phi) is 4.26. The smallest absolute Gasteiger partial charge is 0.322 e. The Bertz CT molecular complexity index is 1040. The van der Waals surface area contributed by atoms with E-state index >= 15 is 0 Å². The van der Waals surface area contributed by atoms with Crippen molar-refractivity contribution in [2.45, 2.75) is 43.6 Å². The molecule has 7 heteroatoms. The van der Waals surface area contributed by atoms with Crippen LogP contribution in [0.2, 0.25) is 0 Å². The molecule has 2 aliphatic rings. The van der Waals surface area contributed by atoms with Crippen molar-refractivity contribution in [2.75, 3.05) is 11.4 Å². The molecule has 1 unspecified atom stereocenters. The van der Waals surface area contributed by atoms with E-state index in [-0.39, 0.29) is 30.8 Å². The molecule has 1 saturated heterocycles. The van der Waals surface area contributed by atoms with Gasteiger partial charge in [0.25, 0.3) is 0 Å². The van der Waals surface area contributed by atoms with Crippen LogP contribution < -0.4 is 10.2 Å². The highest BCUT2D eigenvalue weighted by molar-refractivity contribution is 5.97. The average molecular weight is 396 g/mol. The molecular weight excluding hydrogens is 374 g/mol. The number of hydrogen-bond donors (Lipinski definition) is 2. The first kappa shape index (κ1) is 18.1. The third kappa shape index (κ3) is 3.34. The summed E-state index contributed by atoms with van der Waals surface area (Å²) >= 11 is 0. The second kappa shape index (κ2) is 6.83. The predicted molar refractivity (Wildman–Crippen MR) is 107 cm³/mol. The number of urea groups is 1. The molecule has 1 aliphatic carbocycles. The molecule has 2 fully saturated rings. The van der Waals surface area contributed by atoms with E-state index in [9.17, 15) is 13.6 Å². The van der Waals surface area contributed by atoms with E-state index in [0.29, 0.717) is 19.4 Å². The molecule has 1 aliphatic heterocycles. The van der Waals surface area contributed by atoms with E-state index in [0.717, 1.165) is 27.8 Å². The van der Waals surface area contributed by atoms with E-state index in [1.807, 2.05) is 42.5 Å². The number of H-pyrrole nitrogens is 1. The van der Waals surface area contributed by atoms with Crippen LogP contribution in [0.3, 0.4) is 0 Å². The van der Waals surface area contributed by atoms with Crippen molar-refractivity contribution < 1.29 is 13.6 Å². The summed E-state index contributed by atoms with van der Waals surface area (Å²) < 4.78 is 26.9. The Balaban J connectivity index is 1.38. The van der Waals surface area contributed by atoms with Crippen molar-refractivity contribution in [3.05, 3.63) is 59.9 Å². The zero-order chi connectivity index (χ0) is 20.0. The predicted octanol–water partition coefficient (Wildman–Crippen LogP) is 5.13. The van der Waals surface area contributed by atoms with Gasteiger partial charge in [-0.3, -0.25) is 4.90 Å². The van der Waals surface area contributed by atoms with E-state index in [1.54, 1.807) is 11.2 Å². The lowest BCUT2D eigenvalue weighted by molar-refractivity contribution is -0.0382. The largest absolute Gasteiger partial charge is 0.345 e. The van der Waals surface area contributed by atoms with Gasteiger partial charge in [0.2, 0.25) is 5.92 Å². The molecule has 2 heterocycles. The van der Waals surface area contributed by atoms with Crippen LogP contribution in [0.1, 0.15) is 48.8 Å². The molecule has 1 aromatic heterocycles. The SMILES string of the molecule is O=C1NCC(c2ccc(C3CCC(F)(F)CC3)cc2)N1c1ccc2nc[nH]c2c1. The van der Waals surface area contributed by atoms with Gasteiger partial charge < -0.3 is 10.3 Å². The average Bonchev–Trinajstić information content (AvgIpc) is 3.34. The topological polar surface area (TPSA) is 61.0 Å². The minimum atomic E-state index is -2.51. The number of rotatable bonds is 3. The molecule has 5 rings (SSSR count). The monoisotopic (exact) mass is 396 g/mol. The van der Waals surface area contributed by atoms with Crippen LogP contribution in [-0.4, -0.2) is 28.5 Å². The third-order valence-electron chi connectivity index (χ3n) is 6.17. The highest BCUT2D eigenvalue weighted by atomic mass is 19.3. The number of nitrogens with zero attached hydrogens (tertiary/aromatic N) is 2. The van der Waals surface area contributed by atoms with Crippen LogP contribution >= 0.6 is 0 Å². The number of amides is 2. The fraction of sp³-hybridized carbons (Fsp3) is 0.364. The van der Waals surface area contributed by atoms with E-state index in [1.165, 1.54) is 0 Å². The van der Waals surface area contributed by atoms with Crippen LogP contribution in [0.25, 0.3) is 11.0 Å². The van der Waals surface area contributed by atoms with Gasteiger partial charge in [0.1, 0.15) is 0 Å². The van der Waals surface area contributed by atoms with E-state index in [2.05, 4.69) is 15.3 Å². The van der Waals surface area contributed by atoms with Crippen LogP contribution in [0, 0.1) is 0 Å². The number of alkyl halides is 2. The first-order chi connectivity index (χ1) is 14.0. The number of fused-ring (bicyclic) bond motifs is 1. The minimum Gasteiger partial charge on any atom is -0.345 e. The summed E-state index contributed by atoms with van der Waals surface area (Å²) in [5.41, 5.74) is 4.67. The maximum atomic E-state index is 13.4. The Hall–Kier alpha value is -2.96. The standard InChI is InChI=1S/C22H22F2N4O/c23-22(24)9-7-15(8-10-22)14-1-3-16(4-2-14)20-12-25-21(29)28(20)17-5-6-18-19(11-17)27-13-26-18/h1-6,11,13,15,20H,7-10,12H2,(H,25,29)(H,26,27). The van der Waals surface area contributed by atoms with Crippen molar-refractivity contribution in [3.63, 3.8) is 0 Å². The van der Waals surface area contributed by atoms with Gasteiger partial charge in [-0.25, -0.2) is 18.6 Å². The fourth-order valence-electron chi connectivity index (χ4n) is 4.50. The summed E-state index contributed by atoms with van der Waals surface area (Å²) in [6.07, 6.45) is 2.60. The molecule has 0 bridgehead atoms. The summed E-state index contributed by atoms with van der Waals surface area (Å²) in [7, 11) is 0. The summed E-state index contributed by atoms with van der Waals surface area (Å²) in [5.74, 6) is -2.33. The first-order valence-electron chi connectivity index (χ1n) is 9.98. The Morgan fingerprint density at radius 3 is 2.52 bits per heavy atom. The lowest BCUT2D eigenvalue weighted by Gasteiger charge is -2.29. The number of aromatic amines is 1. The molecule has 2 aromatic carbocycles. The normalized spacial score (nSPS) is 22.2. The molecule has 3 aromatic rings. The third-order valence-corrected chi connectivity index (χ3v) is 6.17. The van der Waals surface area contributed by atoms with Crippen molar-refractivity contribution >= 4 is 22.8 Å². The fourth-order valence-corrected chi connectivity index (χ4v) is 4.50.